The number of nitrogens with zero attached hydrogens (tertiary/aromatic N) is 2. The SMILES string of the molecule is O=C(C=Cc1ccc(-c2cccc(Cl)c2Cl)o1)Nc1ccc(Cl)c(-c2nc3ncccc3o2)c1. The topological polar surface area (TPSA) is 81.2 Å². The summed E-state index contributed by atoms with van der Waals surface area (Å²) < 4.78 is 11.5. The van der Waals surface area contributed by atoms with E-state index in [-0.39, 0.29) is 5.91 Å². The van der Waals surface area contributed by atoms with Crippen LogP contribution in [0.4, 0.5) is 5.69 Å². The number of hydrogen-bond donors (Lipinski definition) is 1. The number of pyridine rings is 1. The standard InChI is InChI=1S/C25H14Cl3N3O3/c26-18-9-6-14(13-17(18)25-31-24-21(34-25)5-2-12-29-24)30-22(32)11-8-15-7-10-20(33-15)16-3-1-4-19(27)23(16)28/h1-13H,(H,30,32). The molecule has 0 spiro atoms. The van der Waals surface area contributed by atoms with Gasteiger partial charge in [0.1, 0.15) is 11.5 Å². The molecule has 0 atom stereocenters. The number of fused-ring (bicyclic) bond motifs is 1. The minimum absolute atomic E-state index is 0.313. The van der Waals surface area contributed by atoms with Crippen molar-refractivity contribution in [2.75, 3.05) is 5.32 Å². The maximum Gasteiger partial charge on any atom is 0.248 e. The van der Waals surface area contributed by atoms with Gasteiger partial charge in [-0.3, -0.25) is 4.79 Å². The normalized spacial score (nSPS) is 11.4. The van der Waals surface area contributed by atoms with Gasteiger partial charge in [0.15, 0.2) is 11.2 Å². The number of hydrogen-bond acceptors (Lipinski definition) is 5. The van der Waals surface area contributed by atoms with Crippen LogP contribution < -0.4 is 5.32 Å². The van der Waals surface area contributed by atoms with Gasteiger partial charge in [-0.15, -0.1) is 0 Å². The Balaban J connectivity index is 1.32. The second-order valence-electron chi connectivity index (χ2n) is 7.16. The first-order chi connectivity index (χ1) is 16.5. The van der Waals surface area contributed by atoms with Crippen molar-refractivity contribution in [3.63, 3.8) is 0 Å². The van der Waals surface area contributed by atoms with E-state index in [4.69, 9.17) is 43.6 Å². The molecule has 5 rings (SSSR count). The third-order valence-corrected chi connectivity index (χ3v) is 6.02. The lowest BCUT2D eigenvalue weighted by Gasteiger charge is -2.05. The second-order valence-corrected chi connectivity index (χ2v) is 8.36. The third kappa shape index (κ3) is 4.56. The van der Waals surface area contributed by atoms with Crippen molar-refractivity contribution < 1.29 is 13.6 Å². The van der Waals surface area contributed by atoms with Gasteiger partial charge in [0, 0.05) is 23.5 Å². The largest absolute Gasteiger partial charge is 0.457 e. The highest BCUT2D eigenvalue weighted by Gasteiger charge is 2.14. The molecule has 0 aliphatic heterocycles. The van der Waals surface area contributed by atoms with Gasteiger partial charge in [-0.1, -0.05) is 40.9 Å². The maximum absolute atomic E-state index is 12.5. The van der Waals surface area contributed by atoms with E-state index < -0.39 is 0 Å². The zero-order valence-corrected chi connectivity index (χ0v) is 19.5. The summed E-state index contributed by atoms with van der Waals surface area (Å²) in [6.45, 7) is 0. The molecule has 0 saturated heterocycles. The monoisotopic (exact) mass is 509 g/mol. The Hall–Kier alpha value is -3.58. The van der Waals surface area contributed by atoms with Gasteiger partial charge in [-0.05, 0) is 60.7 Å². The van der Waals surface area contributed by atoms with Crippen LogP contribution in [0.3, 0.4) is 0 Å². The number of furan rings is 1. The lowest BCUT2D eigenvalue weighted by atomic mass is 10.2. The Labute approximate surface area is 208 Å². The van der Waals surface area contributed by atoms with Crippen molar-refractivity contribution in [3.8, 4) is 22.8 Å². The molecule has 3 aromatic heterocycles. The molecule has 0 aliphatic carbocycles. The van der Waals surface area contributed by atoms with Crippen LogP contribution in [0, 0.1) is 0 Å². The number of anilines is 1. The summed E-state index contributed by atoms with van der Waals surface area (Å²) in [5, 5.41) is 4.06. The molecule has 9 heteroatoms. The quantitative estimate of drug-likeness (QED) is 0.244. The molecule has 0 unspecified atom stereocenters. The smallest absolute Gasteiger partial charge is 0.248 e. The molecule has 0 saturated carbocycles. The van der Waals surface area contributed by atoms with Crippen LogP contribution in [-0.2, 0) is 4.79 Å². The van der Waals surface area contributed by atoms with E-state index in [1.165, 1.54) is 6.08 Å². The molecule has 1 amide bonds. The van der Waals surface area contributed by atoms with Crippen molar-refractivity contribution in [1.29, 1.82) is 0 Å². The number of benzene rings is 2. The van der Waals surface area contributed by atoms with Crippen molar-refractivity contribution in [2.24, 2.45) is 0 Å². The van der Waals surface area contributed by atoms with E-state index in [9.17, 15) is 4.79 Å². The van der Waals surface area contributed by atoms with Crippen molar-refractivity contribution in [3.05, 3.63) is 93.8 Å². The summed E-state index contributed by atoms with van der Waals surface area (Å²) in [4.78, 5) is 21.0. The van der Waals surface area contributed by atoms with Crippen LogP contribution in [0.2, 0.25) is 15.1 Å². The first-order valence-corrected chi connectivity index (χ1v) is 11.2. The van der Waals surface area contributed by atoms with E-state index in [1.54, 1.807) is 72.9 Å². The molecule has 0 fully saturated rings. The van der Waals surface area contributed by atoms with Crippen LogP contribution in [-0.4, -0.2) is 15.9 Å². The number of rotatable bonds is 5. The van der Waals surface area contributed by atoms with E-state index in [0.717, 1.165) is 0 Å². The Bertz CT molecular complexity index is 1520. The number of nitrogens with one attached hydrogen (secondary N) is 1. The summed E-state index contributed by atoms with van der Waals surface area (Å²) in [5.41, 5.74) is 2.75. The van der Waals surface area contributed by atoms with Crippen molar-refractivity contribution in [1.82, 2.24) is 9.97 Å². The highest BCUT2D eigenvalue weighted by atomic mass is 35.5. The predicted octanol–water partition coefficient (Wildman–Crippen LogP) is 7.76. The molecular weight excluding hydrogens is 497 g/mol. The molecule has 0 radical (unpaired) electrons. The van der Waals surface area contributed by atoms with Gasteiger partial charge in [0.2, 0.25) is 11.8 Å². The number of oxazole rings is 1. The molecule has 3 heterocycles. The van der Waals surface area contributed by atoms with Crippen LogP contribution in [0.25, 0.3) is 40.1 Å². The second kappa shape index (κ2) is 9.35. The molecule has 2 aromatic carbocycles. The lowest BCUT2D eigenvalue weighted by Crippen LogP contribution is -2.07. The van der Waals surface area contributed by atoms with Gasteiger partial charge in [-0.25, -0.2) is 4.98 Å². The van der Waals surface area contributed by atoms with Gasteiger partial charge in [-0.2, -0.15) is 4.98 Å². The van der Waals surface area contributed by atoms with Crippen molar-refractivity contribution in [2.45, 2.75) is 0 Å². The molecule has 168 valence electrons. The fourth-order valence-electron chi connectivity index (χ4n) is 3.27. The molecule has 5 aromatic rings. The minimum Gasteiger partial charge on any atom is -0.457 e. The number of aromatic nitrogens is 2. The zero-order chi connectivity index (χ0) is 23.7. The van der Waals surface area contributed by atoms with Gasteiger partial charge < -0.3 is 14.2 Å². The Morgan fingerprint density at radius 2 is 1.79 bits per heavy atom. The molecule has 34 heavy (non-hydrogen) atoms. The number of carbonyl (C=O) groups excluding carboxylic acids is 1. The first kappa shape index (κ1) is 22.2. The fourth-order valence-corrected chi connectivity index (χ4v) is 3.87. The number of amides is 1. The first-order valence-electron chi connectivity index (χ1n) is 10.0. The van der Waals surface area contributed by atoms with Crippen molar-refractivity contribution >= 4 is 63.7 Å². The van der Waals surface area contributed by atoms with E-state index >= 15 is 0 Å². The summed E-state index contributed by atoms with van der Waals surface area (Å²) >= 11 is 18.6. The molecule has 0 bridgehead atoms. The molecule has 1 N–H and O–H groups in total. The Morgan fingerprint density at radius 3 is 2.65 bits per heavy atom. The van der Waals surface area contributed by atoms with Crippen LogP contribution >= 0.6 is 34.8 Å². The van der Waals surface area contributed by atoms with E-state index in [1.807, 2.05) is 0 Å². The highest BCUT2D eigenvalue weighted by Crippen LogP contribution is 2.35. The summed E-state index contributed by atoms with van der Waals surface area (Å²) in [6, 6.07) is 17.3. The van der Waals surface area contributed by atoms with E-state index in [0.29, 0.717) is 60.5 Å². The highest BCUT2D eigenvalue weighted by molar-refractivity contribution is 6.43. The van der Waals surface area contributed by atoms with Crippen LogP contribution in [0.15, 0.2) is 81.8 Å². The molecular formula is C25H14Cl3N3O3. The summed E-state index contributed by atoms with van der Waals surface area (Å²) in [5.74, 6) is 0.985. The average molecular weight is 511 g/mol. The number of halogens is 3. The molecule has 0 aliphatic rings. The lowest BCUT2D eigenvalue weighted by molar-refractivity contribution is -0.111. The summed E-state index contributed by atoms with van der Waals surface area (Å²) in [6.07, 6.45) is 4.55. The van der Waals surface area contributed by atoms with Crippen LogP contribution in [0.5, 0.6) is 0 Å². The van der Waals surface area contributed by atoms with Crippen LogP contribution in [0.1, 0.15) is 5.76 Å². The van der Waals surface area contributed by atoms with Gasteiger partial charge in [0.05, 0.1) is 20.6 Å². The fraction of sp³-hybridized carbons (Fsp3) is 0. The predicted molar refractivity (Wildman–Crippen MR) is 134 cm³/mol. The van der Waals surface area contributed by atoms with E-state index in [2.05, 4.69) is 15.3 Å². The zero-order valence-electron chi connectivity index (χ0n) is 17.3. The average Bonchev–Trinajstić information content (AvgIpc) is 3.48. The Morgan fingerprint density at radius 1 is 0.912 bits per heavy atom. The van der Waals surface area contributed by atoms with Gasteiger partial charge >= 0.3 is 0 Å². The summed E-state index contributed by atoms with van der Waals surface area (Å²) in [7, 11) is 0. The Kier molecular flexibility index (Phi) is 6.11. The molecule has 6 nitrogen and oxygen atoms in total. The van der Waals surface area contributed by atoms with Gasteiger partial charge in [0.25, 0.3) is 0 Å². The third-order valence-electron chi connectivity index (χ3n) is 4.87. The number of carbonyl (C=O) groups is 1. The maximum atomic E-state index is 12.5. The minimum atomic E-state index is -0.355.